The Morgan fingerprint density at radius 3 is 2.53 bits per heavy atom. The molecular formula is C9H16O5P+. The van der Waals surface area contributed by atoms with Crippen LogP contribution in [0.1, 0.15) is 20.3 Å². The minimum atomic E-state index is -2.34. The van der Waals surface area contributed by atoms with E-state index in [1.807, 2.05) is 0 Å². The summed E-state index contributed by atoms with van der Waals surface area (Å²) in [5.41, 5.74) is 0.315. The van der Waals surface area contributed by atoms with Gasteiger partial charge in [-0.15, -0.1) is 0 Å². The summed E-state index contributed by atoms with van der Waals surface area (Å²) in [7, 11) is -2.34. The topological polar surface area (TPSA) is 72.8 Å². The molecule has 5 nitrogen and oxygen atoms in total. The Morgan fingerprint density at radius 1 is 1.53 bits per heavy atom. The van der Waals surface area contributed by atoms with Crippen molar-refractivity contribution in [3.63, 3.8) is 0 Å². The Labute approximate surface area is 89.9 Å². The first-order valence-corrected chi connectivity index (χ1v) is 5.86. The molecule has 1 N–H and O–H groups in total. The first kappa shape index (κ1) is 14.2. The average Bonchev–Trinajstić information content (AvgIpc) is 2.16. The minimum Gasteiger partial charge on any atom is -0.460 e. The lowest BCUT2D eigenvalue weighted by Crippen LogP contribution is -2.15. The van der Waals surface area contributed by atoms with Crippen LogP contribution < -0.4 is 0 Å². The summed E-state index contributed by atoms with van der Waals surface area (Å²) in [5, 5.41) is 0. The molecule has 0 aromatic heterocycles. The van der Waals surface area contributed by atoms with Crippen molar-refractivity contribution in [2.45, 2.75) is 26.1 Å². The van der Waals surface area contributed by atoms with Gasteiger partial charge in [-0.3, -0.25) is 0 Å². The third kappa shape index (κ3) is 6.33. The Hall–Kier alpha value is -0.770. The van der Waals surface area contributed by atoms with Gasteiger partial charge in [-0.2, -0.15) is 4.89 Å². The zero-order valence-corrected chi connectivity index (χ0v) is 9.83. The van der Waals surface area contributed by atoms with Crippen LogP contribution in [0.5, 0.6) is 0 Å². The van der Waals surface area contributed by atoms with Gasteiger partial charge in [-0.25, -0.2) is 4.79 Å². The van der Waals surface area contributed by atoms with Gasteiger partial charge < -0.3 is 9.47 Å². The molecule has 15 heavy (non-hydrogen) atoms. The van der Waals surface area contributed by atoms with Crippen LogP contribution in [-0.4, -0.2) is 29.9 Å². The molecule has 0 aliphatic rings. The summed E-state index contributed by atoms with van der Waals surface area (Å²) in [4.78, 5) is 19.7. The minimum absolute atomic E-state index is 0.0609. The zero-order chi connectivity index (χ0) is 11.8. The maximum absolute atomic E-state index is 10.9. The summed E-state index contributed by atoms with van der Waals surface area (Å²) < 4.78 is 20.4. The van der Waals surface area contributed by atoms with E-state index in [9.17, 15) is 9.36 Å². The molecule has 0 aromatic carbocycles. The number of esters is 1. The molecule has 2 atom stereocenters. The maximum Gasteiger partial charge on any atom is 0.537 e. The third-order valence-electron chi connectivity index (χ3n) is 1.57. The number of rotatable bonds is 7. The van der Waals surface area contributed by atoms with Crippen molar-refractivity contribution in [3.05, 3.63) is 12.2 Å². The van der Waals surface area contributed by atoms with Gasteiger partial charge >= 0.3 is 14.0 Å². The fourth-order valence-electron chi connectivity index (χ4n) is 0.780. The van der Waals surface area contributed by atoms with Crippen LogP contribution in [0.2, 0.25) is 0 Å². The van der Waals surface area contributed by atoms with Crippen molar-refractivity contribution in [3.8, 4) is 0 Å². The van der Waals surface area contributed by atoms with Gasteiger partial charge in [0.1, 0.15) is 6.61 Å². The van der Waals surface area contributed by atoms with E-state index < -0.39 is 19.8 Å². The molecule has 6 heteroatoms. The molecule has 2 unspecified atom stereocenters. The van der Waals surface area contributed by atoms with Crippen molar-refractivity contribution in [2.75, 3.05) is 13.2 Å². The molecule has 0 bridgehead atoms. The Bertz CT molecular complexity index is 251. The summed E-state index contributed by atoms with van der Waals surface area (Å²) >= 11 is 0. The third-order valence-corrected chi connectivity index (χ3v) is 2.58. The first-order chi connectivity index (χ1) is 6.99. The van der Waals surface area contributed by atoms with E-state index in [1.165, 1.54) is 0 Å². The van der Waals surface area contributed by atoms with Gasteiger partial charge in [-0.1, -0.05) is 13.5 Å². The SMILES string of the molecule is C=C(C)C(=O)OCCOC(CC)[P+](=O)O. The van der Waals surface area contributed by atoms with Crippen LogP contribution in [-0.2, 0) is 18.8 Å². The van der Waals surface area contributed by atoms with Crippen molar-refractivity contribution in [2.24, 2.45) is 0 Å². The first-order valence-electron chi connectivity index (χ1n) is 4.58. The van der Waals surface area contributed by atoms with E-state index in [0.717, 1.165) is 0 Å². The molecule has 0 rings (SSSR count). The smallest absolute Gasteiger partial charge is 0.460 e. The van der Waals surface area contributed by atoms with Crippen LogP contribution in [0.15, 0.2) is 12.2 Å². The zero-order valence-electron chi connectivity index (χ0n) is 8.93. The van der Waals surface area contributed by atoms with Crippen molar-refractivity contribution in [1.82, 2.24) is 0 Å². The summed E-state index contributed by atoms with van der Waals surface area (Å²) in [6.45, 7) is 6.87. The Balaban J connectivity index is 3.66. The molecule has 86 valence electrons. The predicted molar refractivity (Wildman–Crippen MR) is 55.6 cm³/mol. The van der Waals surface area contributed by atoms with Crippen LogP contribution >= 0.6 is 8.03 Å². The molecule has 0 spiro atoms. The quantitative estimate of drug-likeness (QED) is 0.314. The fraction of sp³-hybridized carbons (Fsp3) is 0.667. The summed E-state index contributed by atoms with van der Waals surface area (Å²) in [6, 6.07) is 0. The molecule has 0 radical (unpaired) electrons. The van der Waals surface area contributed by atoms with Crippen LogP contribution in [0, 0.1) is 0 Å². The normalized spacial score (nSPS) is 13.1. The highest BCUT2D eigenvalue weighted by molar-refractivity contribution is 7.38. The highest BCUT2D eigenvalue weighted by Gasteiger charge is 2.27. The van der Waals surface area contributed by atoms with E-state index in [4.69, 9.17) is 14.4 Å². The lowest BCUT2D eigenvalue weighted by molar-refractivity contribution is -0.140. The molecule has 0 heterocycles. The molecule has 0 aromatic rings. The second-order valence-electron chi connectivity index (χ2n) is 2.95. The molecule has 0 aliphatic heterocycles. The monoisotopic (exact) mass is 235 g/mol. The Kier molecular flexibility index (Phi) is 7.13. The van der Waals surface area contributed by atoms with Crippen LogP contribution in [0.4, 0.5) is 0 Å². The van der Waals surface area contributed by atoms with Crippen molar-refractivity contribution >= 4 is 14.0 Å². The number of carbonyl (C=O) groups is 1. The van der Waals surface area contributed by atoms with Crippen molar-refractivity contribution < 1.29 is 23.7 Å². The van der Waals surface area contributed by atoms with Gasteiger partial charge in [-0.05, 0) is 11.5 Å². The lowest BCUT2D eigenvalue weighted by Gasteiger charge is -2.06. The van der Waals surface area contributed by atoms with Gasteiger partial charge in [0.05, 0.1) is 6.61 Å². The van der Waals surface area contributed by atoms with Gasteiger partial charge in [0.2, 0.25) is 0 Å². The number of carbonyl (C=O) groups excluding carboxylic acids is 1. The number of hydrogen-bond donors (Lipinski definition) is 1. The van der Waals surface area contributed by atoms with E-state index >= 15 is 0 Å². The largest absolute Gasteiger partial charge is 0.537 e. The lowest BCUT2D eigenvalue weighted by atomic mass is 10.4. The van der Waals surface area contributed by atoms with Gasteiger partial charge in [0.15, 0.2) is 0 Å². The predicted octanol–water partition coefficient (Wildman–Crippen LogP) is 1.59. The second kappa shape index (κ2) is 7.51. The standard InChI is InChI=1S/C9H15O5P/c1-4-8(15(11)12)13-5-6-14-9(10)7(2)3/h8H,2,4-6H2,1,3H3/p+1. The highest BCUT2D eigenvalue weighted by atomic mass is 31.1. The van der Waals surface area contributed by atoms with E-state index in [2.05, 4.69) is 6.58 Å². The molecule has 0 saturated heterocycles. The van der Waals surface area contributed by atoms with E-state index in [1.54, 1.807) is 13.8 Å². The molecule has 0 saturated carbocycles. The molecule has 0 amide bonds. The van der Waals surface area contributed by atoms with Crippen LogP contribution in [0.3, 0.4) is 0 Å². The number of hydrogen-bond acceptors (Lipinski definition) is 4. The van der Waals surface area contributed by atoms with Crippen molar-refractivity contribution in [1.29, 1.82) is 0 Å². The Morgan fingerprint density at radius 2 is 2.13 bits per heavy atom. The molecule has 0 fully saturated rings. The second-order valence-corrected chi connectivity index (χ2v) is 4.13. The van der Waals surface area contributed by atoms with E-state index in [-0.39, 0.29) is 13.2 Å². The summed E-state index contributed by atoms with van der Waals surface area (Å²) in [6.07, 6.45) is 0.445. The maximum atomic E-state index is 10.9. The molecule has 0 aliphatic carbocycles. The highest BCUT2D eigenvalue weighted by Crippen LogP contribution is 2.25. The fourth-order valence-corrected chi connectivity index (χ4v) is 1.32. The van der Waals surface area contributed by atoms with Gasteiger partial charge in [0.25, 0.3) is 5.85 Å². The number of ether oxygens (including phenoxy) is 2. The van der Waals surface area contributed by atoms with Crippen LogP contribution in [0.25, 0.3) is 0 Å². The van der Waals surface area contributed by atoms with E-state index in [0.29, 0.717) is 12.0 Å². The summed E-state index contributed by atoms with van der Waals surface area (Å²) in [5.74, 6) is -1.18. The molecular weight excluding hydrogens is 219 g/mol. The average molecular weight is 235 g/mol. The van der Waals surface area contributed by atoms with Gasteiger partial charge in [0, 0.05) is 12.0 Å².